The van der Waals surface area contributed by atoms with Crippen LogP contribution in [0.2, 0.25) is 5.02 Å². The van der Waals surface area contributed by atoms with Crippen LogP contribution in [0.3, 0.4) is 0 Å². The van der Waals surface area contributed by atoms with E-state index in [1.807, 2.05) is 0 Å². The summed E-state index contributed by atoms with van der Waals surface area (Å²) in [6.07, 6.45) is -0.260. The van der Waals surface area contributed by atoms with Crippen LogP contribution in [0, 0.1) is 0 Å². The molecule has 1 unspecified atom stereocenters. The van der Waals surface area contributed by atoms with Crippen molar-refractivity contribution in [3.63, 3.8) is 0 Å². The van der Waals surface area contributed by atoms with Crippen molar-refractivity contribution < 1.29 is 33.4 Å². The van der Waals surface area contributed by atoms with Crippen molar-refractivity contribution in [1.82, 2.24) is 20.9 Å². The largest absolute Gasteiger partial charge is 0.463 e. The summed E-state index contributed by atoms with van der Waals surface area (Å²) in [6, 6.07) is 4.50. The van der Waals surface area contributed by atoms with Gasteiger partial charge in [0.05, 0.1) is 30.3 Å². The lowest BCUT2D eigenvalue weighted by atomic mass is 9.95. The van der Waals surface area contributed by atoms with Gasteiger partial charge >= 0.3 is 24.0 Å². The molecule has 5 amide bonds. The summed E-state index contributed by atoms with van der Waals surface area (Å²) in [4.78, 5) is 62.4. The molecule has 1 aromatic carbocycles. The molecule has 182 valence electrons. The van der Waals surface area contributed by atoms with Crippen LogP contribution < -0.4 is 16.0 Å². The molecule has 2 aliphatic rings. The van der Waals surface area contributed by atoms with Crippen molar-refractivity contribution in [3.05, 3.63) is 46.1 Å². The normalized spacial score (nSPS) is 19.4. The van der Waals surface area contributed by atoms with E-state index in [1.54, 1.807) is 45.0 Å². The summed E-state index contributed by atoms with van der Waals surface area (Å²) in [5, 5.41) is 8.15. The summed E-state index contributed by atoms with van der Waals surface area (Å²) < 4.78 is 10.4. The number of benzene rings is 1. The quantitative estimate of drug-likeness (QED) is 0.370. The third kappa shape index (κ3) is 5.48. The van der Waals surface area contributed by atoms with Crippen LogP contribution in [0.1, 0.15) is 38.8 Å². The monoisotopic (exact) mass is 492 g/mol. The standard InChI is InChI=1S/C22H25ClN4O7/c1-4-33-18(29)16-14(24-20(31)25-17(16)12-5-7-13(23)8-6-12)11-34-15(28)9-10-27-19(30)22(2,3)26-21(27)32/h5-8,17H,4,9-11H2,1-3H3,(H,26,32)(H2,24,25,31). The predicted molar refractivity (Wildman–Crippen MR) is 119 cm³/mol. The number of halogens is 1. The molecule has 34 heavy (non-hydrogen) atoms. The minimum absolute atomic E-state index is 0.0617. The second kappa shape index (κ2) is 10.1. The van der Waals surface area contributed by atoms with Crippen LogP contribution in [0.15, 0.2) is 35.5 Å². The lowest BCUT2D eigenvalue weighted by Gasteiger charge is -2.29. The molecule has 1 saturated heterocycles. The average Bonchev–Trinajstić information content (AvgIpc) is 2.97. The number of imide groups is 1. The fraction of sp³-hybridized carbons (Fsp3) is 0.409. The maximum absolute atomic E-state index is 12.7. The van der Waals surface area contributed by atoms with Gasteiger partial charge in [0.2, 0.25) is 0 Å². The van der Waals surface area contributed by atoms with Crippen LogP contribution in [-0.4, -0.2) is 60.1 Å². The highest BCUT2D eigenvalue weighted by Gasteiger charge is 2.44. The van der Waals surface area contributed by atoms with Gasteiger partial charge < -0.3 is 25.4 Å². The first-order valence-corrected chi connectivity index (χ1v) is 10.9. The second-order valence-electron chi connectivity index (χ2n) is 8.12. The van der Waals surface area contributed by atoms with Gasteiger partial charge in [-0.05, 0) is 38.5 Å². The van der Waals surface area contributed by atoms with E-state index in [4.69, 9.17) is 21.1 Å². The zero-order chi connectivity index (χ0) is 25.0. The summed E-state index contributed by atoms with van der Waals surface area (Å²) in [7, 11) is 0. The number of amides is 5. The van der Waals surface area contributed by atoms with Crippen molar-refractivity contribution in [2.75, 3.05) is 19.8 Å². The molecule has 0 bridgehead atoms. The number of nitrogens with one attached hydrogen (secondary N) is 3. The highest BCUT2D eigenvalue weighted by molar-refractivity contribution is 6.30. The van der Waals surface area contributed by atoms with E-state index >= 15 is 0 Å². The Morgan fingerprint density at radius 2 is 1.79 bits per heavy atom. The Morgan fingerprint density at radius 3 is 2.38 bits per heavy atom. The van der Waals surface area contributed by atoms with Gasteiger partial charge in [0, 0.05) is 11.6 Å². The molecule has 0 aromatic heterocycles. The van der Waals surface area contributed by atoms with E-state index in [0.29, 0.717) is 10.6 Å². The van der Waals surface area contributed by atoms with Gasteiger partial charge in [0.25, 0.3) is 5.91 Å². The Morgan fingerprint density at radius 1 is 1.12 bits per heavy atom. The topological polar surface area (TPSA) is 143 Å². The van der Waals surface area contributed by atoms with Crippen LogP contribution in [0.4, 0.5) is 9.59 Å². The second-order valence-corrected chi connectivity index (χ2v) is 8.55. The molecule has 3 rings (SSSR count). The number of carbonyl (C=O) groups excluding carboxylic acids is 5. The molecule has 1 fully saturated rings. The molecule has 0 saturated carbocycles. The van der Waals surface area contributed by atoms with E-state index in [9.17, 15) is 24.0 Å². The van der Waals surface area contributed by atoms with Crippen LogP contribution >= 0.6 is 11.6 Å². The Balaban J connectivity index is 1.74. The lowest BCUT2D eigenvalue weighted by Crippen LogP contribution is -2.47. The van der Waals surface area contributed by atoms with Crippen molar-refractivity contribution in [2.45, 2.75) is 38.8 Å². The van der Waals surface area contributed by atoms with Gasteiger partial charge in [-0.25, -0.2) is 14.4 Å². The summed E-state index contributed by atoms with van der Waals surface area (Å²) in [6.45, 7) is 4.27. The molecule has 0 spiro atoms. The van der Waals surface area contributed by atoms with Crippen LogP contribution in [0.25, 0.3) is 0 Å². The number of ether oxygens (including phenoxy) is 2. The third-order valence-corrected chi connectivity index (χ3v) is 5.47. The summed E-state index contributed by atoms with van der Waals surface area (Å²) >= 11 is 5.94. The first-order chi connectivity index (χ1) is 16.0. The number of esters is 2. The van der Waals surface area contributed by atoms with Crippen LogP contribution in [-0.2, 0) is 23.9 Å². The Labute approximate surface area is 200 Å². The first-order valence-electron chi connectivity index (χ1n) is 10.6. The number of rotatable bonds is 8. The number of urea groups is 2. The number of hydrogen-bond acceptors (Lipinski definition) is 7. The van der Waals surface area contributed by atoms with Crippen LogP contribution in [0.5, 0.6) is 0 Å². The van der Waals surface area contributed by atoms with E-state index < -0.39 is 48.1 Å². The smallest absolute Gasteiger partial charge is 0.338 e. The Kier molecular flexibility index (Phi) is 7.45. The lowest BCUT2D eigenvalue weighted by molar-refractivity contribution is -0.144. The highest BCUT2D eigenvalue weighted by atomic mass is 35.5. The van der Waals surface area contributed by atoms with Crippen molar-refractivity contribution >= 4 is 41.5 Å². The number of nitrogens with zero attached hydrogens (tertiary/aromatic N) is 1. The fourth-order valence-corrected chi connectivity index (χ4v) is 3.66. The van der Waals surface area contributed by atoms with Crippen molar-refractivity contribution in [3.8, 4) is 0 Å². The number of carbonyl (C=O) groups is 5. The van der Waals surface area contributed by atoms with Gasteiger partial charge in [-0.15, -0.1) is 0 Å². The van der Waals surface area contributed by atoms with Gasteiger partial charge in [0.1, 0.15) is 12.1 Å². The van der Waals surface area contributed by atoms with Gasteiger partial charge in [-0.1, -0.05) is 23.7 Å². The SMILES string of the molecule is CCOC(=O)C1=C(COC(=O)CCN2C(=O)NC(C)(C)C2=O)NC(=O)NC1c1ccc(Cl)cc1. The zero-order valence-electron chi connectivity index (χ0n) is 18.9. The minimum atomic E-state index is -1.05. The van der Waals surface area contributed by atoms with Gasteiger partial charge in [0.15, 0.2) is 0 Å². The maximum atomic E-state index is 12.7. The molecule has 0 radical (unpaired) electrons. The van der Waals surface area contributed by atoms with Gasteiger partial charge in [-0.2, -0.15) is 0 Å². The molecular weight excluding hydrogens is 468 g/mol. The van der Waals surface area contributed by atoms with E-state index in [2.05, 4.69) is 16.0 Å². The van der Waals surface area contributed by atoms with E-state index in [1.165, 1.54) is 0 Å². The Bertz CT molecular complexity index is 1050. The van der Waals surface area contributed by atoms with Crippen molar-refractivity contribution in [2.24, 2.45) is 0 Å². The molecule has 11 nitrogen and oxygen atoms in total. The fourth-order valence-electron chi connectivity index (χ4n) is 3.54. The molecule has 2 heterocycles. The predicted octanol–water partition coefficient (Wildman–Crippen LogP) is 1.77. The molecule has 12 heteroatoms. The molecule has 0 aliphatic carbocycles. The summed E-state index contributed by atoms with van der Waals surface area (Å²) in [5.41, 5.74) is -0.331. The van der Waals surface area contributed by atoms with E-state index in [0.717, 1.165) is 4.90 Å². The summed E-state index contributed by atoms with van der Waals surface area (Å²) in [5.74, 6) is -1.87. The Hall–Kier alpha value is -3.60. The van der Waals surface area contributed by atoms with Crippen molar-refractivity contribution in [1.29, 1.82) is 0 Å². The average molecular weight is 493 g/mol. The minimum Gasteiger partial charge on any atom is -0.463 e. The third-order valence-electron chi connectivity index (χ3n) is 5.21. The zero-order valence-corrected chi connectivity index (χ0v) is 19.7. The van der Waals surface area contributed by atoms with E-state index in [-0.39, 0.29) is 30.8 Å². The molecule has 1 aromatic rings. The molecular formula is C22H25ClN4O7. The molecule has 1 atom stereocenters. The number of hydrogen-bond donors (Lipinski definition) is 3. The van der Waals surface area contributed by atoms with Gasteiger partial charge in [-0.3, -0.25) is 14.5 Å². The first kappa shape index (κ1) is 25.0. The maximum Gasteiger partial charge on any atom is 0.338 e. The molecule has 3 N–H and O–H groups in total. The highest BCUT2D eigenvalue weighted by Crippen LogP contribution is 2.29. The molecule has 2 aliphatic heterocycles.